The van der Waals surface area contributed by atoms with Crippen molar-refractivity contribution >= 4 is 39.9 Å². The first kappa shape index (κ1) is 28.3. The Labute approximate surface area is 233 Å². The van der Waals surface area contributed by atoms with Crippen molar-refractivity contribution < 1.29 is 22.4 Å². The van der Waals surface area contributed by atoms with Crippen LogP contribution in [0.5, 0.6) is 0 Å². The first-order chi connectivity index (χ1) is 18.6. The van der Waals surface area contributed by atoms with E-state index in [1.54, 1.807) is 29.7 Å². The molecule has 2 aromatic carbocycles. The Morgan fingerprint density at radius 3 is 2.36 bits per heavy atom. The third-order valence-electron chi connectivity index (χ3n) is 5.75. The standard InChI is InChI=1S/C28H32N4O5S2/c1-18-30-24(17-38-18)23(15-20-10-12-21(13-11-20)32-39(34)35)31-27-29-16-25(36-27)22(26(33)37-28(2,3)4)14-19-8-6-5-7-9-19/h5-13,16-17,22-23,39H,14-15H2,1-4H3,(H,29,31)(H,32,34,35)/t22-,23-/m0/s1. The summed E-state index contributed by atoms with van der Waals surface area (Å²) in [4.78, 5) is 22.3. The van der Waals surface area contributed by atoms with Gasteiger partial charge in [0.25, 0.3) is 6.01 Å². The largest absolute Gasteiger partial charge is 0.459 e. The molecule has 9 nitrogen and oxygen atoms in total. The van der Waals surface area contributed by atoms with Crippen LogP contribution in [0.4, 0.5) is 11.7 Å². The maximum absolute atomic E-state index is 13.2. The van der Waals surface area contributed by atoms with Crippen LogP contribution in [0.1, 0.15) is 60.3 Å². The fraction of sp³-hybridized carbons (Fsp3) is 0.321. The summed E-state index contributed by atoms with van der Waals surface area (Å²) in [6, 6.07) is 16.8. The zero-order valence-electron chi connectivity index (χ0n) is 22.2. The number of nitrogens with one attached hydrogen (secondary N) is 2. The Morgan fingerprint density at radius 2 is 1.74 bits per heavy atom. The maximum Gasteiger partial charge on any atom is 0.317 e. The molecule has 4 rings (SSSR count). The van der Waals surface area contributed by atoms with E-state index in [9.17, 15) is 13.2 Å². The Bertz CT molecular complexity index is 1450. The van der Waals surface area contributed by atoms with Gasteiger partial charge >= 0.3 is 5.97 Å². The van der Waals surface area contributed by atoms with Gasteiger partial charge in [-0.2, -0.15) is 0 Å². The smallest absolute Gasteiger partial charge is 0.317 e. The number of carbonyl (C=O) groups excluding carboxylic acids is 1. The number of aryl methyl sites for hydroxylation is 1. The van der Waals surface area contributed by atoms with Gasteiger partial charge < -0.3 is 14.5 Å². The molecule has 0 radical (unpaired) electrons. The van der Waals surface area contributed by atoms with Gasteiger partial charge in [0.15, 0.2) is 0 Å². The molecule has 11 heteroatoms. The van der Waals surface area contributed by atoms with Crippen molar-refractivity contribution in [3.63, 3.8) is 0 Å². The quantitative estimate of drug-likeness (QED) is 0.161. The third-order valence-corrected chi connectivity index (χ3v) is 6.98. The fourth-order valence-electron chi connectivity index (χ4n) is 4.01. The van der Waals surface area contributed by atoms with E-state index in [0.29, 0.717) is 24.3 Å². The molecule has 0 aliphatic heterocycles. The van der Waals surface area contributed by atoms with E-state index in [-0.39, 0.29) is 18.0 Å². The summed E-state index contributed by atoms with van der Waals surface area (Å²) < 4.78 is 36.1. The molecule has 0 bridgehead atoms. The number of ether oxygens (including phenoxy) is 1. The maximum atomic E-state index is 13.2. The number of benzene rings is 2. The first-order valence-corrected chi connectivity index (χ1v) is 14.5. The molecule has 0 saturated heterocycles. The minimum Gasteiger partial charge on any atom is -0.459 e. The lowest BCUT2D eigenvalue weighted by atomic mass is 9.97. The van der Waals surface area contributed by atoms with Crippen molar-refractivity contribution in [2.75, 3.05) is 10.0 Å². The van der Waals surface area contributed by atoms with Crippen LogP contribution in [0.2, 0.25) is 0 Å². The number of carbonyl (C=O) groups is 1. The minimum atomic E-state index is -2.73. The zero-order chi connectivity index (χ0) is 28.0. The van der Waals surface area contributed by atoms with E-state index in [0.717, 1.165) is 21.8 Å². The van der Waals surface area contributed by atoms with Crippen molar-refractivity contribution in [3.8, 4) is 0 Å². The molecule has 4 aromatic rings. The van der Waals surface area contributed by atoms with Crippen LogP contribution in [-0.4, -0.2) is 30.0 Å². The van der Waals surface area contributed by atoms with Gasteiger partial charge in [-0.1, -0.05) is 42.5 Å². The van der Waals surface area contributed by atoms with Crippen LogP contribution in [0.25, 0.3) is 0 Å². The van der Waals surface area contributed by atoms with Crippen molar-refractivity contribution in [3.05, 3.63) is 93.8 Å². The van der Waals surface area contributed by atoms with Crippen molar-refractivity contribution in [1.29, 1.82) is 0 Å². The molecule has 0 saturated carbocycles. The molecule has 2 atom stereocenters. The predicted molar refractivity (Wildman–Crippen MR) is 153 cm³/mol. The average Bonchev–Trinajstić information content (AvgIpc) is 3.51. The Morgan fingerprint density at radius 1 is 1.05 bits per heavy atom. The highest BCUT2D eigenvalue weighted by molar-refractivity contribution is 7.73. The third kappa shape index (κ3) is 8.39. The number of thiol groups is 1. The van der Waals surface area contributed by atoms with Gasteiger partial charge in [-0.25, -0.2) is 18.4 Å². The summed E-state index contributed by atoms with van der Waals surface area (Å²) in [5.41, 5.74) is 2.62. The molecule has 206 valence electrons. The Hall–Kier alpha value is -3.70. The summed E-state index contributed by atoms with van der Waals surface area (Å²) in [7, 11) is -2.73. The topological polar surface area (TPSA) is 123 Å². The van der Waals surface area contributed by atoms with Gasteiger partial charge in [0.05, 0.1) is 22.9 Å². The van der Waals surface area contributed by atoms with E-state index < -0.39 is 22.4 Å². The molecule has 2 N–H and O–H groups in total. The lowest BCUT2D eigenvalue weighted by Crippen LogP contribution is -2.28. The molecule has 2 aromatic heterocycles. The van der Waals surface area contributed by atoms with Gasteiger partial charge in [0.2, 0.25) is 10.9 Å². The van der Waals surface area contributed by atoms with E-state index >= 15 is 0 Å². The van der Waals surface area contributed by atoms with Crippen LogP contribution in [0.15, 0.2) is 70.6 Å². The van der Waals surface area contributed by atoms with Crippen molar-refractivity contribution in [2.45, 2.75) is 58.1 Å². The molecule has 2 heterocycles. The minimum absolute atomic E-state index is 0.268. The van der Waals surface area contributed by atoms with Crippen LogP contribution in [0, 0.1) is 6.92 Å². The van der Waals surface area contributed by atoms with Gasteiger partial charge in [-0.15, -0.1) is 11.3 Å². The lowest BCUT2D eigenvalue weighted by Gasteiger charge is -2.23. The van der Waals surface area contributed by atoms with Gasteiger partial charge in [0.1, 0.15) is 17.3 Å². The summed E-state index contributed by atoms with van der Waals surface area (Å²) in [6.45, 7) is 7.44. The highest BCUT2D eigenvalue weighted by Crippen LogP contribution is 2.30. The normalized spacial score (nSPS) is 13.2. The van der Waals surface area contributed by atoms with Crippen molar-refractivity contribution in [2.24, 2.45) is 0 Å². The molecule has 39 heavy (non-hydrogen) atoms. The fourth-order valence-corrected chi connectivity index (χ4v) is 5.04. The molecule has 0 spiro atoms. The second-order valence-corrected chi connectivity index (χ2v) is 11.9. The van der Waals surface area contributed by atoms with Crippen molar-refractivity contribution in [1.82, 2.24) is 9.97 Å². The van der Waals surface area contributed by atoms with E-state index in [1.165, 1.54) is 0 Å². The Balaban J connectivity index is 1.57. The summed E-state index contributed by atoms with van der Waals surface area (Å²) >= 11 is 1.54. The van der Waals surface area contributed by atoms with E-state index in [4.69, 9.17) is 9.15 Å². The molecule has 0 aliphatic carbocycles. The highest BCUT2D eigenvalue weighted by atomic mass is 32.2. The number of aromatic nitrogens is 2. The van der Waals surface area contributed by atoms with Crippen LogP contribution >= 0.6 is 11.3 Å². The second kappa shape index (κ2) is 12.4. The van der Waals surface area contributed by atoms with E-state index in [1.807, 2.05) is 75.5 Å². The molecule has 0 aliphatic rings. The number of hydrogen-bond donors (Lipinski definition) is 3. The summed E-state index contributed by atoms with van der Waals surface area (Å²) in [5, 5.41) is 6.24. The highest BCUT2D eigenvalue weighted by Gasteiger charge is 2.30. The molecule has 0 unspecified atom stereocenters. The number of rotatable bonds is 11. The van der Waals surface area contributed by atoms with Crippen LogP contribution < -0.4 is 10.0 Å². The molecule has 0 amide bonds. The Kier molecular flexibility index (Phi) is 9.03. The number of esters is 1. The van der Waals surface area contributed by atoms with E-state index in [2.05, 4.69) is 20.0 Å². The monoisotopic (exact) mass is 568 g/mol. The lowest BCUT2D eigenvalue weighted by molar-refractivity contribution is -0.157. The van der Waals surface area contributed by atoms with Gasteiger partial charge in [-0.05, 0) is 63.8 Å². The van der Waals surface area contributed by atoms with Crippen LogP contribution in [-0.2, 0) is 33.3 Å². The van der Waals surface area contributed by atoms with Crippen LogP contribution in [0.3, 0.4) is 0 Å². The first-order valence-electron chi connectivity index (χ1n) is 12.5. The molecule has 0 fully saturated rings. The predicted octanol–water partition coefficient (Wildman–Crippen LogP) is 5.44. The van der Waals surface area contributed by atoms with Gasteiger partial charge in [0, 0.05) is 11.1 Å². The van der Waals surface area contributed by atoms with Gasteiger partial charge in [-0.3, -0.25) is 9.52 Å². The SMILES string of the molecule is Cc1nc([C@H](Cc2ccc(N[SH](=O)=O)cc2)Nc2ncc([C@H](Cc3ccccc3)C(=O)OC(C)(C)C)o2)cs1. The molecular weight excluding hydrogens is 536 g/mol. The number of thiazole rings is 1. The number of hydrogen-bond acceptors (Lipinski definition) is 9. The zero-order valence-corrected chi connectivity index (χ0v) is 23.9. The molecular formula is C28H32N4O5S2. The second-order valence-electron chi connectivity index (χ2n) is 10.1. The number of oxazole rings is 1. The average molecular weight is 569 g/mol. The number of nitrogens with zero attached hydrogens (tertiary/aromatic N) is 2. The number of anilines is 2. The summed E-state index contributed by atoms with van der Waals surface area (Å²) in [5.74, 6) is -0.637. The summed E-state index contributed by atoms with van der Waals surface area (Å²) in [6.07, 6.45) is 2.52.